The van der Waals surface area contributed by atoms with Gasteiger partial charge in [0.05, 0.1) is 13.2 Å². The first kappa shape index (κ1) is 11.7. The summed E-state index contributed by atoms with van der Waals surface area (Å²) in [5.74, 6) is 1.76. The Bertz CT molecular complexity index is 399. The van der Waals surface area contributed by atoms with E-state index in [1.165, 1.54) is 32.1 Å². The number of rotatable bonds is 2. The lowest BCUT2D eigenvalue weighted by molar-refractivity contribution is 0.297. The van der Waals surface area contributed by atoms with E-state index >= 15 is 0 Å². The van der Waals surface area contributed by atoms with Gasteiger partial charge in [0.15, 0.2) is 11.5 Å². The maximum atomic E-state index is 5.71. The molecule has 0 saturated heterocycles. The third kappa shape index (κ3) is 2.71. The molecule has 0 spiro atoms. The number of hydrogen-bond donors (Lipinski definition) is 1. The van der Waals surface area contributed by atoms with E-state index in [1.54, 1.807) is 0 Å². The Balaban J connectivity index is 1.70. The molecule has 1 heterocycles. The quantitative estimate of drug-likeness (QED) is 0.866. The van der Waals surface area contributed by atoms with E-state index in [0.717, 1.165) is 36.8 Å². The molecule has 98 valence electrons. The molecule has 0 amide bonds. The van der Waals surface area contributed by atoms with Crippen molar-refractivity contribution in [1.29, 1.82) is 0 Å². The molecule has 2 aliphatic rings. The maximum Gasteiger partial charge on any atom is 0.163 e. The number of anilines is 1. The van der Waals surface area contributed by atoms with Crippen molar-refractivity contribution in [3.05, 3.63) is 18.2 Å². The highest BCUT2D eigenvalue weighted by Crippen LogP contribution is 2.33. The van der Waals surface area contributed by atoms with Crippen molar-refractivity contribution in [2.45, 2.75) is 44.6 Å². The van der Waals surface area contributed by atoms with Gasteiger partial charge in [-0.05, 0) is 25.0 Å². The van der Waals surface area contributed by atoms with E-state index in [1.807, 2.05) is 6.07 Å². The molecule has 0 unspecified atom stereocenters. The lowest BCUT2D eigenvalue weighted by Crippen LogP contribution is -2.22. The SMILES string of the molecule is c1cc2c(cc1NC1CCCCC1)OCCCO2. The lowest BCUT2D eigenvalue weighted by Gasteiger charge is -2.24. The van der Waals surface area contributed by atoms with Gasteiger partial charge in [0.2, 0.25) is 0 Å². The number of fused-ring (bicyclic) bond motifs is 1. The maximum absolute atomic E-state index is 5.71. The van der Waals surface area contributed by atoms with Crippen molar-refractivity contribution in [2.75, 3.05) is 18.5 Å². The molecular formula is C15H21NO2. The average Bonchev–Trinajstić information content (AvgIpc) is 2.64. The smallest absolute Gasteiger partial charge is 0.163 e. The first-order valence-electron chi connectivity index (χ1n) is 7.08. The van der Waals surface area contributed by atoms with E-state index in [9.17, 15) is 0 Å². The second-order valence-electron chi connectivity index (χ2n) is 5.19. The minimum absolute atomic E-state index is 0.628. The van der Waals surface area contributed by atoms with E-state index < -0.39 is 0 Å². The zero-order valence-corrected chi connectivity index (χ0v) is 10.8. The highest BCUT2D eigenvalue weighted by Gasteiger charge is 2.15. The second-order valence-corrected chi connectivity index (χ2v) is 5.19. The fourth-order valence-corrected chi connectivity index (χ4v) is 2.74. The van der Waals surface area contributed by atoms with E-state index in [2.05, 4.69) is 17.4 Å². The van der Waals surface area contributed by atoms with Crippen LogP contribution in [0.3, 0.4) is 0 Å². The molecule has 1 aliphatic carbocycles. The second kappa shape index (κ2) is 5.51. The number of benzene rings is 1. The summed E-state index contributed by atoms with van der Waals surface area (Å²) in [5.41, 5.74) is 1.16. The van der Waals surface area contributed by atoms with Crippen LogP contribution in [0.25, 0.3) is 0 Å². The van der Waals surface area contributed by atoms with Crippen LogP contribution in [0.1, 0.15) is 38.5 Å². The standard InChI is InChI=1S/C15H21NO2/c1-2-5-12(6-3-1)16-13-7-8-14-15(11-13)18-10-4-9-17-14/h7-8,11-12,16H,1-6,9-10H2. The topological polar surface area (TPSA) is 30.5 Å². The van der Waals surface area contributed by atoms with Crippen LogP contribution in [0.2, 0.25) is 0 Å². The molecule has 3 rings (SSSR count). The predicted octanol–water partition coefficient (Wildman–Crippen LogP) is 3.59. The molecule has 3 nitrogen and oxygen atoms in total. The summed E-state index contributed by atoms with van der Waals surface area (Å²) in [6.45, 7) is 1.50. The summed E-state index contributed by atoms with van der Waals surface area (Å²) in [7, 11) is 0. The minimum atomic E-state index is 0.628. The molecule has 18 heavy (non-hydrogen) atoms. The van der Waals surface area contributed by atoms with Crippen molar-refractivity contribution in [1.82, 2.24) is 0 Å². The Hall–Kier alpha value is -1.38. The summed E-state index contributed by atoms with van der Waals surface area (Å²) in [5, 5.41) is 3.62. The third-order valence-corrected chi connectivity index (χ3v) is 3.72. The van der Waals surface area contributed by atoms with Gasteiger partial charge in [0, 0.05) is 24.2 Å². The molecule has 0 bridgehead atoms. The van der Waals surface area contributed by atoms with E-state index in [4.69, 9.17) is 9.47 Å². The normalized spacial score (nSPS) is 20.2. The summed E-state index contributed by atoms with van der Waals surface area (Å²) in [6.07, 6.45) is 7.62. The Morgan fingerprint density at radius 2 is 1.67 bits per heavy atom. The van der Waals surface area contributed by atoms with Crippen LogP contribution in [0.5, 0.6) is 11.5 Å². The van der Waals surface area contributed by atoms with Gasteiger partial charge >= 0.3 is 0 Å². The van der Waals surface area contributed by atoms with Crippen LogP contribution in [-0.2, 0) is 0 Å². The van der Waals surface area contributed by atoms with Crippen LogP contribution in [0, 0.1) is 0 Å². The Kier molecular flexibility index (Phi) is 3.58. The number of ether oxygens (including phenoxy) is 2. The molecule has 1 aromatic rings. The fourth-order valence-electron chi connectivity index (χ4n) is 2.74. The van der Waals surface area contributed by atoms with Gasteiger partial charge in [-0.2, -0.15) is 0 Å². The van der Waals surface area contributed by atoms with E-state index in [-0.39, 0.29) is 0 Å². The van der Waals surface area contributed by atoms with Crippen LogP contribution in [0.4, 0.5) is 5.69 Å². The first-order valence-corrected chi connectivity index (χ1v) is 7.08. The monoisotopic (exact) mass is 247 g/mol. The van der Waals surface area contributed by atoms with Crippen molar-refractivity contribution in [3.8, 4) is 11.5 Å². The Morgan fingerprint density at radius 1 is 0.889 bits per heavy atom. The van der Waals surface area contributed by atoms with E-state index in [0.29, 0.717) is 6.04 Å². The van der Waals surface area contributed by atoms with Gasteiger partial charge in [-0.15, -0.1) is 0 Å². The van der Waals surface area contributed by atoms with Gasteiger partial charge in [-0.25, -0.2) is 0 Å². The minimum Gasteiger partial charge on any atom is -0.490 e. The molecule has 1 saturated carbocycles. The van der Waals surface area contributed by atoms with Crippen LogP contribution < -0.4 is 14.8 Å². The van der Waals surface area contributed by atoms with Gasteiger partial charge in [-0.3, -0.25) is 0 Å². The van der Waals surface area contributed by atoms with Crippen LogP contribution >= 0.6 is 0 Å². The molecule has 0 atom stereocenters. The van der Waals surface area contributed by atoms with Crippen molar-refractivity contribution >= 4 is 5.69 Å². The first-order chi connectivity index (χ1) is 8.92. The summed E-state index contributed by atoms with van der Waals surface area (Å²) in [6, 6.07) is 6.83. The lowest BCUT2D eigenvalue weighted by atomic mass is 9.95. The average molecular weight is 247 g/mol. The van der Waals surface area contributed by atoms with Crippen molar-refractivity contribution in [3.63, 3.8) is 0 Å². The zero-order chi connectivity index (χ0) is 12.2. The molecular weight excluding hydrogens is 226 g/mol. The zero-order valence-electron chi connectivity index (χ0n) is 10.8. The molecule has 1 aliphatic heterocycles. The molecule has 0 aromatic heterocycles. The number of hydrogen-bond acceptors (Lipinski definition) is 3. The summed E-state index contributed by atoms with van der Waals surface area (Å²) in [4.78, 5) is 0. The molecule has 3 heteroatoms. The molecule has 1 aromatic carbocycles. The van der Waals surface area contributed by atoms with Gasteiger partial charge in [0.25, 0.3) is 0 Å². The molecule has 0 radical (unpaired) electrons. The molecule has 1 N–H and O–H groups in total. The fraction of sp³-hybridized carbons (Fsp3) is 0.600. The van der Waals surface area contributed by atoms with Crippen molar-refractivity contribution < 1.29 is 9.47 Å². The highest BCUT2D eigenvalue weighted by atomic mass is 16.5. The predicted molar refractivity (Wildman–Crippen MR) is 72.5 cm³/mol. The van der Waals surface area contributed by atoms with Gasteiger partial charge in [-0.1, -0.05) is 19.3 Å². The molecule has 1 fully saturated rings. The summed E-state index contributed by atoms with van der Waals surface area (Å²) < 4.78 is 11.4. The Morgan fingerprint density at radius 3 is 2.50 bits per heavy atom. The highest BCUT2D eigenvalue weighted by molar-refractivity contribution is 5.55. The van der Waals surface area contributed by atoms with Crippen LogP contribution in [-0.4, -0.2) is 19.3 Å². The van der Waals surface area contributed by atoms with Gasteiger partial charge in [0.1, 0.15) is 0 Å². The number of nitrogens with one attached hydrogen (secondary N) is 1. The third-order valence-electron chi connectivity index (χ3n) is 3.72. The summed E-state index contributed by atoms with van der Waals surface area (Å²) >= 11 is 0. The van der Waals surface area contributed by atoms with Crippen molar-refractivity contribution in [2.24, 2.45) is 0 Å². The van der Waals surface area contributed by atoms with Gasteiger partial charge < -0.3 is 14.8 Å². The largest absolute Gasteiger partial charge is 0.490 e. The Labute approximate surface area is 108 Å². The van der Waals surface area contributed by atoms with Crippen LogP contribution in [0.15, 0.2) is 18.2 Å².